The number of anilines is 1. The molecule has 224 valence electrons. The number of hydrogen-bond donors (Lipinski definition) is 2. The van der Waals surface area contributed by atoms with Crippen LogP contribution >= 0.6 is 11.8 Å². The summed E-state index contributed by atoms with van der Waals surface area (Å²) >= 11 is 1.55. The minimum atomic E-state index is -1.28. The van der Waals surface area contributed by atoms with E-state index in [4.69, 9.17) is 0 Å². The molecule has 0 heterocycles. The molecule has 0 aromatic heterocycles. The Morgan fingerprint density at radius 3 is 2.43 bits per heavy atom. The molecule has 4 aromatic rings. The van der Waals surface area contributed by atoms with Gasteiger partial charge in [-0.25, -0.2) is 13.6 Å². The van der Waals surface area contributed by atoms with Crippen LogP contribution in [-0.2, 0) is 17.9 Å². The third-order valence-corrected chi connectivity index (χ3v) is 8.80. The SMILES string of the molecule is CSCC1CC1(NC(=O)c1ccc(CN(Cc2ccc(F)cc2F)c2ccc(C#N)cc2)cc1-c1ccccc1C)C(=O)O. The molecule has 0 spiro atoms. The van der Waals surface area contributed by atoms with Gasteiger partial charge in [0.1, 0.15) is 17.2 Å². The Kier molecular flexibility index (Phi) is 9.02. The lowest BCUT2D eigenvalue weighted by Gasteiger charge is -2.26. The summed E-state index contributed by atoms with van der Waals surface area (Å²) in [6.07, 6.45) is 2.29. The van der Waals surface area contributed by atoms with Crippen LogP contribution in [0, 0.1) is 35.8 Å². The van der Waals surface area contributed by atoms with Gasteiger partial charge in [-0.15, -0.1) is 0 Å². The van der Waals surface area contributed by atoms with E-state index in [1.165, 1.54) is 12.1 Å². The van der Waals surface area contributed by atoms with Gasteiger partial charge in [-0.1, -0.05) is 36.4 Å². The third kappa shape index (κ3) is 6.46. The average molecular weight is 612 g/mol. The van der Waals surface area contributed by atoms with Crippen LogP contribution in [0.1, 0.15) is 39.0 Å². The fourth-order valence-electron chi connectivity index (χ4n) is 5.52. The number of carboxylic acids is 1. The summed E-state index contributed by atoms with van der Waals surface area (Å²) in [5, 5.41) is 22.1. The number of carboxylic acid groups (broad SMARTS) is 1. The van der Waals surface area contributed by atoms with E-state index < -0.39 is 29.0 Å². The van der Waals surface area contributed by atoms with Crippen molar-refractivity contribution in [1.29, 1.82) is 5.26 Å². The minimum Gasteiger partial charge on any atom is -0.479 e. The summed E-state index contributed by atoms with van der Waals surface area (Å²) in [4.78, 5) is 27.8. The van der Waals surface area contributed by atoms with Gasteiger partial charge in [-0.3, -0.25) is 4.79 Å². The molecule has 2 atom stereocenters. The van der Waals surface area contributed by atoms with Gasteiger partial charge in [0.2, 0.25) is 0 Å². The number of nitrogens with one attached hydrogen (secondary N) is 1. The fraction of sp³-hybridized carbons (Fsp3) is 0.229. The molecular formula is C35H31F2N3O3S. The molecule has 1 amide bonds. The van der Waals surface area contributed by atoms with Crippen molar-refractivity contribution in [2.24, 2.45) is 5.92 Å². The minimum absolute atomic E-state index is 0.123. The maximum absolute atomic E-state index is 14.7. The molecular weight excluding hydrogens is 580 g/mol. The zero-order valence-corrected chi connectivity index (χ0v) is 25.1. The fourth-order valence-corrected chi connectivity index (χ4v) is 6.32. The second-order valence-electron chi connectivity index (χ2n) is 11.0. The summed E-state index contributed by atoms with van der Waals surface area (Å²) in [7, 11) is 0. The number of amides is 1. The first kappa shape index (κ1) is 30.8. The summed E-state index contributed by atoms with van der Waals surface area (Å²) in [6.45, 7) is 2.37. The van der Waals surface area contributed by atoms with Crippen molar-refractivity contribution in [2.45, 2.75) is 32.0 Å². The number of aryl methyl sites for hydroxylation is 1. The molecule has 0 saturated heterocycles. The number of nitrogens with zero attached hydrogens (tertiary/aromatic N) is 2. The van der Waals surface area contributed by atoms with Crippen LogP contribution < -0.4 is 10.2 Å². The molecule has 9 heteroatoms. The Balaban J connectivity index is 1.53. The Morgan fingerprint density at radius 2 is 1.77 bits per heavy atom. The van der Waals surface area contributed by atoms with E-state index in [9.17, 15) is 28.7 Å². The number of rotatable bonds is 11. The number of hydrogen-bond acceptors (Lipinski definition) is 5. The van der Waals surface area contributed by atoms with E-state index in [-0.39, 0.29) is 12.5 Å². The molecule has 1 saturated carbocycles. The normalized spacial score (nSPS) is 17.0. The van der Waals surface area contributed by atoms with Crippen molar-refractivity contribution >= 4 is 29.3 Å². The number of thioether (sulfide) groups is 1. The first-order chi connectivity index (χ1) is 21.1. The Labute approximate surface area is 259 Å². The highest BCUT2D eigenvalue weighted by molar-refractivity contribution is 7.98. The van der Waals surface area contributed by atoms with Crippen molar-refractivity contribution in [1.82, 2.24) is 5.32 Å². The predicted molar refractivity (Wildman–Crippen MR) is 168 cm³/mol. The molecule has 0 bridgehead atoms. The number of aliphatic carboxylic acids is 1. The molecule has 1 aliphatic rings. The quantitative estimate of drug-likeness (QED) is 0.191. The summed E-state index contributed by atoms with van der Waals surface area (Å²) < 4.78 is 28.4. The third-order valence-electron chi connectivity index (χ3n) is 8.07. The van der Waals surface area contributed by atoms with Crippen LogP contribution in [0.25, 0.3) is 11.1 Å². The zero-order chi connectivity index (χ0) is 31.4. The smallest absolute Gasteiger partial charge is 0.329 e. The molecule has 44 heavy (non-hydrogen) atoms. The Hall–Kier alpha value is -4.68. The molecule has 5 rings (SSSR count). The van der Waals surface area contributed by atoms with Gasteiger partial charge in [-0.05, 0) is 90.1 Å². The van der Waals surface area contributed by atoms with Crippen LogP contribution in [0.5, 0.6) is 0 Å². The molecule has 4 aromatic carbocycles. The van der Waals surface area contributed by atoms with Crippen LogP contribution in [0.2, 0.25) is 0 Å². The lowest BCUT2D eigenvalue weighted by molar-refractivity contribution is -0.140. The summed E-state index contributed by atoms with van der Waals surface area (Å²) in [5.41, 5.74) is 3.80. The standard InChI is InChI=1S/C35H31F2N3O3S/c1-22-5-3-4-6-29(22)31-15-24(9-14-30(31)33(41)39-35(34(42)43)17-26(35)21-44-2)19-40(28-12-7-23(18-38)8-13-28)20-25-10-11-27(36)16-32(25)37/h3-16,26H,17,19-21H2,1-2H3,(H,39,41)(H,42,43). The largest absolute Gasteiger partial charge is 0.479 e. The van der Waals surface area contributed by atoms with Crippen LogP contribution in [-0.4, -0.2) is 34.5 Å². The van der Waals surface area contributed by atoms with Gasteiger partial charge in [0.15, 0.2) is 0 Å². The molecule has 6 nitrogen and oxygen atoms in total. The first-order valence-corrected chi connectivity index (χ1v) is 15.5. The van der Waals surface area contributed by atoms with Gasteiger partial charge < -0.3 is 15.3 Å². The van der Waals surface area contributed by atoms with Crippen LogP contribution in [0.15, 0.2) is 84.9 Å². The van der Waals surface area contributed by atoms with Gasteiger partial charge in [0.05, 0.1) is 11.6 Å². The Morgan fingerprint density at radius 1 is 1.02 bits per heavy atom. The zero-order valence-electron chi connectivity index (χ0n) is 24.3. The second kappa shape index (κ2) is 12.9. The monoisotopic (exact) mass is 611 g/mol. The van der Waals surface area contributed by atoms with Gasteiger partial charge in [0, 0.05) is 41.9 Å². The van der Waals surface area contributed by atoms with Gasteiger partial charge in [-0.2, -0.15) is 17.0 Å². The van der Waals surface area contributed by atoms with Crippen LogP contribution in [0.4, 0.5) is 14.5 Å². The van der Waals surface area contributed by atoms with Gasteiger partial charge in [0.25, 0.3) is 5.91 Å². The van der Waals surface area contributed by atoms with Crippen LogP contribution in [0.3, 0.4) is 0 Å². The van der Waals surface area contributed by atoms with Crippen molar-refractivity contribution in [3.05, 3.63) is 124 Å². The van der Waals surface area contributed by atoms with E-state index >= 15 is 0 Å². The Bertz CT molecular complexity index is 1760. The highest BCUT2D eigenvalue weighted by Crippen LogP contribution is 2.46. The lowest BCUT2D eigenvalue weighted by Crippen LogP contribution is -2.45. The number of halogens is 2. The van der Waals surface area contributed by atoms with E-state index in [2.05, 4.69) is 11.4 Å². The molecule has 2 unspecified atom stereocenters. The molecule has 1 aliphatic carbocycles. The molecule has 2 N–H and O–H groups in total. The number of nitriles is 1. The summed E-state index contributed by atoms with van der Waals surface area (Å²) in [6, 6.07) is 25.5. The van der Waals surface area contributed by atoms with Crippen molar-refractivity contribution in [3.8, 4) is 17.2 Å². The topological polar surface area (TPSA) is 93.4 Å². The average Bonchev–Trinajstić information content (AvgIpc) is 3.71. The van der Waals surface area contributed by atoms with Gasteiger partial charge >= 0.3 is 5.97 Å². The number of carbonyl (C=O) groups excluding carboxylic acids is 1. The number of benzene rings is 4. The van der Waals surface area contributed by atoms with Crippen molar-refractivity contribution < 1.29 is 23.5 Å². The van der Waals surface area contributed by atoms with Crippen molar-refractivity contribution in [2.75, 3.05) is 16.9 Å². The maximum atomic E-state index is 14.7. The maximum Gasteiger partial charge on any atom is 0.329 e. The molecule has 0 aliphatic heterocycles. The van der Waals surface area contributed by atoms with E-state index in [1.54, 1.807) is 48.2 Å². The summed E-state index contributed by atoms with van der Waals surface area (Å²) in [5.74, 6) is -2.33. The van der Waals surface area contributed by atoms with E-state index in [0.717, 1.165) is 28.4 Å². The van der Waals surface area contributed by atoms with E-state index in [1.807, 2.05) is 48.4 Å². The first-order valence-electron chi connectivity index (χ1n) is 14.1. The number of carbonyl (C=O) groups is 2. The van der Waals surface area contributed by atoms with E-state index in [0.29, 0.717) is 41.0 Å². The van der Waals surface area contributed by atoms with Crippen molar-refractivity contribution in [3.63, 3.8) is 0 Å². The lowest BCUT2D eigenvalue weighted by atomic mass is 9.93. The highest BCUT2D eigenvalue weighted by Gasteiger charge is 2.61. The highest BCUT2D eigenvalue weighted by atomic mass is 32.2. The molecule has 0 radical (unpaired) electrons. The second-order valence-corrected chi connectivity index (χ2v) is 11.9. The predicted octanol–water partition coefficient (Wildman–Crippen LogP) is 6.95. The molecule has 1 fully saturated rings.